The summed E-state index contributed by atoms with van der Waals surface area (Å²) in [5, 5.41) is 5.97. The third-order valence-corrected chi connectivity index (χ3v) is 5.58. The number of hydrogen-bond acceptors (Lipinski definition) is 3. The number of nitrogens with one attached hydrogen (secondary N) is 2. The lowest BCUT2D eigenvalue weighted by atomic mass is 10.1. The van der Waals surface area contributed by atoms with Crippen molar-refractivity contribution >= 4 is 58.2 Å². The second-order valence-electron chi connectivity index (χ2n) is 5.46. The smallest absolute Gasteiger partial charge is 0.238 e. The highest BCUT2D eigenvalue weighted by atomic mass is 35.5. The molecule has 2 N–H and O–H groups in total. The first-order valence-electron chi connectivity index (χ1n) is 7.27. The molecule has 1 aliphatic rings. The first kappa shape index (κ1) is 17.1. The van der Waals surface area contributed by atoms with Crippen LogP contribution in [0.3, 0.4) is 0 Å². The van der Waals surface area contributed by atoms with Crippen LogP contribution < -0.4 is 10.6 Å². The molecule has 1 aliphatic heterocycles. The predicted molar refractivity (Wildman–Crippen MR) is 99.0 cm³/mol. The van der Waals surface area contributed by atoms with Gasteiger partial charge in [0.05, 0.1) is 16.9 Å². The van der Waals surface area contributed by atoms with E-state index in [9.17, 15) is 9.59 Å². The number of carbonyl (C=O) groups excluding carboxylic acids is 2. The van der Waals surface area contributed by atoms with Crippen LogP contribution in [0.5, 0.6) is 0 Å². The second-order valence-corrected chi connectivity index (χ2v) is 7.52. The summed E-state index contributed by atoms with van der Waals surface area (Å²) in [6.45, 7) is 1.73. The zero-order valence-corrected chi connectivity index (χ0v) is 15.0. The number of anilines is 2. The van der Waals surface area contributed by atoms with Crippen molar-refractivity contribution in [1.82, 2.24) is 0 Å². The average molecular weight is 381 g/mol. The van der Waals surface area contributed by atoms with E-state index >= 15 is 0 Å². The molecule has 3 rings (SSSR count). The topological polar surface area (TPSA) is 58.2 Å². The molecule has 1 heterocycles. The van der Waals surface area contributed by atoms with E-state index in [0.717, 1.165) is 10.6 Å². The Labute approximate surface area is 153 Å². The van der Waals surface area contributed by atoms with Gasteiger partial charge in [0.1, 0.15) is 0 Å². The van der Waals surface area contributed by atoms with Crippen molar-refractivity contribution in [2.75, 3.05) is 10.6 Å². The molecule has 4 nitrogen and oxygen atoms in total. The first-order valence-corrected chi connectivity index (χ1v) is 8.91. The molecule has 2 aromatic rings. The van der Waals surface area contributed by atoms with Gasteiger partial charge in [-0.1, -0.05) is 42.3 Å². The van der Waals surface area contributed by atoms with Crippen LogP contribution in [0.2, 0.25) is 10.0 Å². The van der Waals surface area contributed by atoms with Crippen LogP contribution in [0.25, 0.3) is 0 Å². The van der Waals surface area contributed by atoms with Crippen LogP contribution in [0.1, 0.15) is 6.92 Å². The van der Waals surface area contributed by atoms with Gasteiger partial charge in [0, 0.05) is 20.6 Å². The molecule has 2 aromatic carbocycles. The van der Waals surface area contributed by atoms with Gasteiger partial charge in [-0.25, -0.2) is 0 Å². The number of amides is 2. The fourth-order valence-electron chi connectivity index (χ4n) is 2.42. The fraction of sp³-hybridized carbons (Fsp3) is 0.176. The molecule has 124 valence electrons. The maximum atomic E-state index is 12.5. The summed E-state index contributed by atoms with van der Waals surface area (Å²) in [6, 6.07) is 12.3. The molecule has 0 bridgehead atoms. The van der Waals surface area contributed by atoms with Gasteiger partial charge in [-0.05, 0) is 30.3 Å². The Morgan fingerprint density at radius 1 is 1.21 bits per heavy atom. The summed E-state index contributed by atoms with van der Waals surface area (Å²) in [7, 11) is 0. The fourth-order valence-corrected chi connectivity index (χ4v) is 4.11. The Bertz CT molecular complexity index is 793. The summed E-state index contributed by atoms with van der Waals surface area (Å²) < 4.78 is 0. The number of carbonyl (C=O) groups is 2. The van der Waals surface area contributed by atoms with Crippen LogP contribution in [0.15, 0.2) is 47.4 Å². The van der Waals surface area contributed by atoms with Crippen molar-refractivity contribution in [3.05, 3.63) is 52.5 Å². The summed E-state index contributed by atoms with van der Waals surface area (Å²) >= 11 is 13.3. The average Bonchev–Trinajstić information content (AvgIpc) is 2.52. The number of halogens is 2. The minimum atomic E-state index is -0.527. The third kappa shape index (κ3) is 3.69. The number of benzene rings is 2. The Morgan fingerprint density at radius 3 is 2.58 bits per heavy atom. The van der Waals surface area contributed by atoms with Crippen molar-refractivity contribution in [3.63, 3.8) is 0 Å². The molecule has 0 saturated carbocycles. The molecule has 0 spiro atoms. The normalized spacial score (nSPS) is 17.6. The van der Waals surface area contributed by atoms with Crippen LogP contribution in [-0.2, 0) is 9.59 Å². The van der Waals surface area contributed by atoms with Crippen LogP contribution >= 0.6 is 35.0 Å². The minimum absolute atomic E-state index is 0.175. The highest BCUT2D eigenvalue weighted by Gasteiger charge is 2.35. The van der Waals surface area contributed by atoms with Crippen molar-refractivity contribution in [3.8, 4) is 0 Å². The predicted octanol–water partition coefficient (Wildman–Crippen LogP) is 4.68. The standard InChI is InChI=1S/C17H14Cl2N2O2S/c1-9(16(22)20-12-7-10(18)6-11(19)8-12)15-17(23)21-13-4-2-3-5-14(13)24-15/h2-9,15H,1H3,(H,20,22)(H,21,23). The largest absolute Gasteiger partial charge is 0.326 e. The maximum Gasteiger partial charge on any atom is 0.238 e. The van der Waals surface area contributed by atoms with Gasteiger partial charge >= 0.3 is 0 Å². The van der Waals surface area contributed by atoms with Gasteiger partial charge < -0.3 is 10.6 Å². The number of fused-ring (bicyclic) bond motifs is 1. The van der Waals surface area contributed by atoms with Crippen molar-refractivity contribution in [2.24, 2.45) is 5.92 Å². The lowest BCUT2D eigenvalue weighted by Gasteiger charge is -2.27. The van der Waals surface area contributed by atoms with Gasteiger partial charge in [-0.2, -0.15) is 0 Å². The Kier molecular flexibility index (Phi) is 5.04. The molecular weight excluding hydrogens is 367 g/mol. The van der Waals surface area contributed by atoms with Gasteiger partial charge in [-0.15, -0.1) is 11.8 Å². The van der Waals surface area contributed by atoms with E-state index < -0.39 is 11.2 Å². The Balaban J connectivity index is 1.75. The number of hydrogen-bond donors (Lipinski definition) is 2. The van der Waals surface area contributed by atoms with Crippen molar-refractivity contribution < 1.29 is 9.59 Å². The van der Waals surface area contributed by atoms with E-state index in [1.54, 1.807) is 25.1 Å². The van der Waals surface area contributed by atoms with Crippen LogP contribution in [0.4, 0.5) is 11.4 Å². The zero-order chi connectivity index (χ0) is 17.3. The maximum absolute atomic E-state index is 12.5. The van der Waals surface area contributed by atoms with Gasteiger partial charge in [0.2, 0.25) is 11.8 Å². The Hall–Kier alpha value is -1.69. The molecule has 0 aliphatic carbocycles. The highest BCUT2D eigenvalue weighted by Crippen LogP contribution is 2.38. The van der Waals surface area contributed by atoms with Crippen molar-refractivity contribution in [2.45, 2.75) is 17.1 Å². The lowest BCUT2D eigenvalue weighted by Crippen LogP contribution is -2.39. The van der Waals surface area contributed by atoms with Gasteiger partial charge in [0.15, 0.2) is 0 Å². The highest BCUT2D eigenvalue weighted by molar-refractivity contribution is 8.01. The van der Waals surface area contributed by atoms with E-state index in [0.29, 0.717) is 15.7 Å². The third-order valence-electron chi connectivity index (χ3n) is 3.66. The van der Waals surface area contributed by atoms with E-state index in [-0.39, 0.29) is 11.8 Å². The monoisotopic (exact) mass is 380 g/mol. The van der Waals surface area contributed by atoms with Crippen LogP contribution in [0, 0.1) is 5.92 Å². The van der Waals surface area contributed by atoms with Gasteiger partial charge in [-0.3, -0.25) is 9.59 Å². The molecule has 7 heteroatoms. The molecule has 2 unspecified atom stereocenters. The molecule has 0 saturated heterocycles. The minimum Gasteiger partial charge on any atom is -0.326 e. The van der Waals surface area contributed by atoms with E-state index in [4.69, 9.17) is 23.2 Å². The summed E-state index contributed by atoms with van der Waals surface area (Å²) in [5.41, 5.74) is 1.28. The zero-order valence-electron chi connectivity index (χ0n) is 12.7. The quantitative estimate of drug-likeness (QED) is 0.812. The summed E-state index contributed by atoms with van der Waals surface area (Å²) in [5.74, 6) is -0.966. The molecule has 24 heavy (non-hydrogen) atoms. The first-order chi connectivity index (χ1) is 11.4. The molecule has 0 radical (unpaired) electrons. The number of para-hydroxylation sites is 1. The molecule has 2 amide bonds. The van der Waals surface area contributed by atoms with E-state index in [2.05, 4.69) is 10.6 Å². The Morgan fingerprint density at radius 2 is 1.88 bits per heavy atom. The summed E-state index contributed by atoms with van der Waals surface area (Å²) in [4.78, 5) is 25.8. The van der Waals surface area contributed by atoms with Crippen LogP contribution in [-0.4, -0.2) is 17.1 Å². The molecular formula is C17H14Cl2N2O2S. The van der Waals surface area contributed by atoms with E-state index in [1.807, 2.05) is 24.3 Å². The number of rotatable bonds is 3. The van der Waals surface area contributed by atoms with Crippen molar-refractivity contribution in [1.29, 1.82) is 0 Å². The van der Waals surface area contributed by atoms with Gasteiger partial charge in [0.25, 0.3) is 0 Å². The molecule has 2 atom stereocenters. The molecule has 0 fully saturated rings. The van der Waals surface area contributed by atoms with E-state index in [1.165, 1.54) is 11.8 Å². The SMILES string of the molecule is CC(C(=O)Nc1cc(Cl)cc(Cl)c1)C1Sc2ccccc2NC1=O. The number of thioether (sulfide) groups is 1. The lowest BCUT2D eigenvalue weighted by molar-refractivity contribution is -0.123. The molecule has 0 aromatic heterocycles. The summed E-state index contributed by atoms with van der Waals surface area (Å²) in [6.07, 6.45) is 0. The second kappa shape index (κ2) is 7.05.